The van der Waals surface area contributed by atoms with Gasteiger partial charge in [0.15, 0.2) is 0 Å². The highest BCUT2D eigenvalue weighted by atomic mass is 35.5. The average Bonchev–Trinajstić information content (AvgIpc) is 2.58. The third-order valence-electron chi connectivity index (χ3n) is 5.51. The summed E-state index contributed by atoms with van der Waals surface area (Å²) in [6.45, 7) is 4.60. The molecule has 0 saturated heterocycles. The molecule has 1 aromatic carbocycles. The Morgan fingerprint density at radius 2 is 2.12 bits per heavy atom. The fourth-order valence-corrected chi connectivity index (χ4v) is 4.20. The fraction of sp³-hybridized carbons (Fsp3) is 0.650. The third-order valence-corrected chi connectivity index (χ3v) is 5.74. The number of aliphatic hydroxyl groups is 1. The van der Waals surface area contributed by atoms with Gasteiger partial charge >= 0.3 is 6.09 Å². The number of hydrogen-bond donors (Lipinski definition) is 3. The standard InChI is InChI=1S/C20H31ClN2O3/c1-19(2,26-18(22)25)10-11-20(15-4-3-5-16(21)14-15)8-6-17(7-9-20)23-12-13-24/h3-5,14,17,23-24H,6-13H2,1-2H3,(H2,22,25). The fourth-order valence-electron chi connectivity index (χ4n) is 4.01. The summed E-state index contributed by atoms with van der Waals surface area (Å²) in [7, 11) is 0. The van der Waals surface area contributed by atoms with Gasteiger partial charge in [0.1, 0.15) is 5.60 Å². The normalized spacial score (nSPS) is 23.6. The highest BCUT2D eigenvalue weighted by Gasteiger charge is 2.38. The summed E-state index contributed by atoms with van der Waals surface area (Å²) in [6, 6.07) is 8.54. The molecular formula is C20H31ClN2O3. The number of aliphatic hydroxyl groups excluding tert-OH is 1. The monoisotopic (exact) mass is 382 g/mol. The molecule has 1 amide bonds. The number of nitrogens with one attached hydrogen (secondary N) is 1. The van der Waals surface area contributed by atoms with E-state index >= 15 is 0 Å². The maximum atomic E-state index is 11.2. The smallest absolute Gasteiger partial charge is 0.405 e. The van der Waals surface area contributed by atoms with E-state index in [0.29, 0.717) is 12.6 Å². The zero-order chi connectivity index (χ0) is 19.2. The molecule has 0 heterocycles. The van der Waals surface area contributed by atoms with Crippen LogP contribution in [-0.4, -0.2) is 36.0 Å². The van der Waals surface area contributed by atoms with Gasteiger partial charge in [-0.1, -0.05) is 23.7 Å². The van der Waals surface area contributed by atoms with E-state index in [2.05, 4.69) is 17.4 Å². The Hall–Kier alpha value is -1.30. The van der Waals surface area contributed by atoms with E-state index in [4.69, 9.17) is 27.2 Å². The maximum absolute atomic E-state index is 11.2. The molecule has 26 heavy (non-hydrogen) atoms. The van der Waals surface area contributed by atoms with Crippen LogP contribution in [0.2, 0.25) is 5.02 Å². The molecule has 0 atom stereocenters. The maximum Gasteiger partial charge on any atom is 0.405 e. The van der Waals surface area contributed by atoms with Gasteiger partial charge in [-0.05, 0) is 75.5 Å². The number of amides is 1. The van der Waals surface area contributed by atoms with Crippen molar-refractivity contribution in [3.63, 3.8) is 0 Å². The number of carbonyl (C=O) groups excluding carboxylic acids is 1. The lowest BCUT2D eigenvalue weighted by atomic mass is 9.65. The second-order valence-corrected chi connectivity index (χ2v) is 8.36. The Labute approximate surface area is 161 Å². The van der Waals surface area contributed by atoms with Crippen LogP contribution in [0.15, 0.2) is 24.3 Å². The molecule has 1 aromatic rings. The second-order valence-electron chi connectivity index (χ2n) is 7.92. The van der Waals surface area contributed by atoms with Crippen LogP contribution in [-0.2, 0) is 10.2 Å². The zero-order valence-electron chi connectivity index (χ0n) is 15.8. The molecule has 0 unspecified atom stereocenters. The summed E-state index contributed by atoms with van der Waals surface area (Å²) in [4.78, 5) is 11.2. The van der Waals surface area contributed by atoms with Gasteiger partial charge in [0.25, 0.3) is 0 Å². The van der Waals surface area contributed by atoms with Crippen molar-refractivity contribution >= 4 is 17.7 Å². The van der Waals surface area contributed by atoms with Crippen molar-refractivity contribution in [2.24, 2.45) is 5.73 Å². The molecule has 146 valence electrons. The van der Waals surface area contributed by atoms with Crippen LogP contribution in [0.25, 0.3) is 0 Å². The molecule has 0 bridgehead atoms. The van der Waals surface area contributed by atoms with Gasteiger partial charge in [-0.3, -0.25) is 0 Å². The predicted molar refractivity (Wildman–Crippen MR) is 104 cm³/mol. The summed E-state index contributed by atoms with van der Waals surface area (Å²) in [5, 5.41) is 13.2. The molecule has 5 nitrogen and oxygen atoms in total. The molecular weight excluding hydrogens is 352 g/mol. The summed E-state index contributed by atoms with van der Waals surface area (Å²) < 4.78 is 5.28. The van der Waals surface area contributed by atoms with E-state index in [9.17, 15) is 4.79 Å². The van der Waals surface area contributed by atoms with E-state index in [1.54, 1.807) is 0 Å². The van der Waals surface area contributed by atoms with Crippen LogP contribution in [0.4, 0.5) is 4.79 Å². The summed E-state index contributed by atoms with van der Waals surface area (Å²) in [5.74, 6) is 0. The van der Waals surface area contributed by atoms with Crippen LogP contribution in [0.5, 0.6) is 0 Å². The topological polar surface area (TPSA) is 84.6 Å². The molecule has 4 N–H and O–H groups in total. The van der Waals surface area contributed by atoms with Crippen LogP contribution >= 0.6 is 11.6 Å². The molecule has 1 fully saturated rings. The van der Waals surface area contributed by atoms with Crippen molar-refractivity contribution in [3.8, 4) is 0 Å². The minimum absolute atomic E-state index is 0.0145. The third kappa shape index (κ3) is 5.86. The highest BCUT2D eigenvalue weighted by molar-refractivity contribution is 6.30. The molecule has 1 aliphatic carbocycles. The minimum atomic E-state index is -0.733. The molecule has 2 rings (SSSR count). The Bertz CT molecular complexity index is 598. The quantitative estimate of drug-likeness (QED) is 0.639. The lowest BCUT2D eigenvalue weighted by molar-refractivity contribution is 0.0295. The van der Waals surface area contributed by atoms with E-state index < -0.39 is 11.7 Å². The second kappa shape index (κ2) is 9.07. The molecule has 0 aromatic heterocycles. The van der Waals surface area contributed by atoms with Gasteiger partial charge in [0.2, 0.25) is 0 Å². The Morgan fingerprint density at radius 1 is 1.42 bits per heavy atom. The molecule has 0 radical (unpaired) electrons. The van der Waals surface area contributed by atoms with Crippen molar-refractivity contribution in [2.75, 3.05) is 13.2 Å². The first-order chi connectivity index (χ1) is 12.3. The number of halogens is 1. The number of nitrogens with two attached hydrogens (primary N) is 1. The lowest BCUT2D eigenvalue weighted by Gasteiger charge is -2.42. The molecule has 1 aliphatic rings. The van der Waals surface area contributed by atoms with Gasteiger partial charge in [-0.25, -0.2) is 4.79 Å². The predicted octanol–water partition coefficient (Wildman–Crippen LogP) is 3.76. The van der Waals surface area contributed by atoms with Crippen LogP contribution in [0.3, 0.4) is 0 Å². The van der Waals surface area contributed by atoms with Crippen molar-refractivity contribution in [1.29, 1.82) is 0 Å². The number of ether oxygens (including phenoxy) is 1. The van der Waals surface area contributed by atoms with Crippen molar-refractivity contribution in [1.82, 2.24) is 5.32 Å². The van der Waals surface area contributed by atoms with E-state index in [-0.39, 0.29) is 12.0 Å². The Kier molecular flexibility index (Phi) is 7.33. The highest BCUT2D eigenvalue weighted by Crippen LogP contribution is 2.45. The van der Waals surface area contributed by atoms with Crippen molar-refractivity contribution < 1.29 is 14.6 Å². The minimum Gasteiger partial charge on any atom is -0.444 e. The number of primary amides is 1. The van der Waals surface area contributed by atoms with Gasteiger partial charge < -0.3 is 20.9 Å². The van der Waals surface area contributed by atoms with Crippen molar-refractivity contribution in [2.45, 2.75) is 69.4 Å². The van der Waals surface area contributed by atoms with E-state index in [1.807, 2.05) is 26.0 Å². The number of carbonyl (C=O) groups is 1. The first kappa shape index (κ1) is 21.0. The molecule has 1 saturated carbocycles. The largest absolute Gasteiger partial charge is 0.444 e. The summed E-state index contributed by atoms with van der Waals surface area (Å²) in [6.07, 6.45) is 5.06. The van der Waals surface area contributed by atoms with Gasteiger partial charge in [0.05, 0.1) is 6.61 Å². The SMILES string of the molecule is CC(C)(CCC1(c2cccc(Cl)c2)CCC(NCCO)CC1)OC(N)=O. The van der Waals surface area contributed by atoms with Gasteiger partial charge in [-0.2, -0.15) is 0 Å². The molecule has 0 spiro atoms. The number of rotatable bonds is 8. The Balaban J connectivity index is 2.14. The molecule has 6 heteroatoms. The zero-order valence-corrected chi connectivity index (χ0v) is 16.5. The van der Waals surface area contributed by atoms with Gasteiger partial charge in [-0.15, -0.1) is 0 Å². The average molecular weight is 383 g/mol. The summed E-state index contributed by atoms with van der Waals surface area (Å²) >= 11 is 6.26. The van der Waals surface area contributed by atoms with Crippen LogP contribution in [0, 0.1) is 0 Å². The van der Waals surface area contributed by atoms with Crippen molar-refractivity contribution in [3.05, 3.63) is 34.9 Å². The lowest BCUT2D eigenvalue weighted by Crippen LogP contribution is -2.42. The first-order valence-corrected chi connectivity index (χ1v) is 9.73. The summed E-state index contributed by atoms with van der Waals surface area (Å²) in [5.41, 5.74) is 5.88. The Morgan fingerprint density at radius 3 is 2.69 bits per heavy atom. The number of benzene rings is 1. The number of hydrogen-bond acceptors (Lipinski definition) is 4. The van der Waals surface area contributed by atoms with E-state index in [1.165, 1.54) is 5.56 Å². The van der Waals surface area contributed by atoms with Gasteiger partial charge in [0, 0.05) is 17.6 Å². The van der Waals surface area contributed by atoms with E-state index in [0.717, 1.165) is 43.5 Å². The van der Waals surface area contributed by atoms with Crippen LogP contribution in [0.1, 0.15) is 57.9 Å². The van der Waals surface area contributed by atoms with Crippen LogP contribution < -0.4 is 11.1 Å². The molecule has 0 aliphatic heterocycles. The first-order valence-electron chi connectivity index (χ1n) is 9.35.